The lowest BCUT2D eigenvalue weighted by molar-refractivity contribution is -0.140. The number of carboxylic acid groups (broad SMARTS) is 1. The van der Waals surface area contributed by atoms with Crippen LogP contribution in [-0.2, 0) is 22.1 Å². The third-order valence-corrected chi connectivity index (χ3v) is 5.76. The molecule has 1 atom stereocenters. The van der Waals surface area contributed by atoms with Gasteiger partial charge in [-0.1, -0.05) is 35.9 Å². The van der Waals surface area contributed by atoms with Gasteiger partial charge in [0.05, 0.1) is 11.7 Å². The number of aryl methyl sites for hydroxylation is 2. The van der Waals surface area contributed by atoms with E-state index in [-0.39, 0.29) is 36.9 Å². The molecular weight excluding hydrogens is 421 g/mol. The molecule has 1 aliphatic carbocycles. The van der Waals surface area contributed by atoms with E-state index in [1.807, 2.05) is 19.1 Å². The van der Waals surface area contributed by atoms with Crippen molar-refractivity contribution in [3.05, 3.63) is 70.3 Å². The maximum absolute atomic E-state index is 13.5. The van der Waals surface area contributed by atoms with Gasteiger partial charge in [-0.15, -0.1) is 0 Å². The monoisotopic (exact) mass is 448 g/mol. The number of carboxylic acids is 1. The maximum Gasteiger partial charge on any atom is 0.416 e. The number of rotatable bonds is 8. The smallest absolute Gasteiger partial charge is 0.416 e. The van der Waals surface area contributed by atoms with Crippen LogP contribution in [0.1, 0.15) is 47.9 Å². The van der Waals surface area contributed by atoms with Gasteiger partial charge in [0, 0.05) is 13.5 Å². The fourth-order valence-corrected chi connectivity index (χ4v) is 3.97. The van der Waals surface area contributed by atoms with Gasteiger partial charge in [-0.25, -0.2) is 0 Å². The summed E-state index contributed by atoms with van der Waals surface area (Å²) in [6.07, 6.45) is -2.76. The zero-order valence-corrected chi connectivity index (χ0v) is 18.2. The zero-order valence-electron chi connectivity index (χ0n) is 18.2. The predicted molar refractivity (Wildman–Crippen MR) is 116 cm³/mol. The highest BCUT2D eigenvalue weighted by atomic mass is 19.4. The van der Waals surface area contributed by atoms with E-state index in [1.54, 1.807) is 7.11 Å². The second-order valence-electron chi connectivity index (χ2n) is 8.05. The minimum Gasteiger partial charge on any atom is -0.489 e. The molecule has 172 valence electrons. The van der Waals surface area contributed by atoms with Crippen molar-refractivity contribution in [1.29, 1.82) is 0 Å². The summed E-state index contributed by atoms with van der Waals surface area (Å²) in [4.78, 5) is 10.8. The summed E-state index contributed by atoms with van der Waals surface area (Å²) in [5, 5.41) is 8.81. The van der Waals surface area contributed by atoms with E-state index in [2.05, 4.69) is 12.1 Å². The van der Waals surface area contributed by atoms with Gasteiger partial charge < -0.3 is 14.6 Å². The van der Waals surface area contributed by atoms with Crippen LogP contribution in [0.5, 0.6) is 5.75 Å². The predicted octanol–water partition coefficient (Wildman–Crippen LogP) is 6.06. The summed E-state index contributed by atoms with van der Waals surface area (Å²) in [6.45, 7) is 2.18. The molecule has 32 heavy (non-hydrogen) atoms. The molecule has 0 spiro atoms. The van der Waals surface area contributed by atoms with E-state index in [9.17, 15) is 18.0 Å². The molecule has 0 aliphatic heterocycles. The Morgan fingerprint density at radius 3 is 2.50 bits per heavy atom. The third-order valence-electron chi connectivity index (χ3n) is 5.76. The fraction of sp³-hybridized carbons (Fsp3) is 0.400. The molecule has 0 amide bonds. The summed E-state index contributed by atoms with van der Waals surface area (Å²) >= 11 is 0. The average molecular weight is 448 g/mol. The van der Waals surface area contributed by atoms with Gasteiger partial charge in [-0.3, -0.25) is 4.79 Å². The number of hydrogen-bond donors (Lipinski definition) is 1. The van der Waals surface area contributed by atoms with Crippen LogP contribution in [0.4, 0.5) is 13.2 Å². The summed E-state index contributed by atoms with van der Waals surface area (Å²) in [5.41, 5.74) is 3.48. The van der Waals surface area contributed by atoms with Crippen molar-refractivity contribution < 1.29 is 32.5 Å². The Labute approximate surface area is 185 Å². The molecule has 1 unspecified atom stereocenters. The number of benzene rings is 2. The third kappa shape index (κ3) is 6.13. The number of allylic oxidation sites excluding steroid dienone is 1. The van der Waals surface area contributed by atoms with Gasteiger partial charge in [0.25, 0.3) is 0 Å². The number of hydrogen-bond acceptors (Lipinski definition) is 3. The number of methoxy groups -OCH3 is 1. The standard InChI is InChI=1S/C25H27F3O4/c1-16-3-5-17(6-4-16)22-11-10-20(31-2)13-19(22)15-32-21-9-7-18(8-12-24(29)30)23(14-21)25(26,27)28/h3-7,9,14,20H,8,10-13,15H2,1-2H3,(H,29,30). The van der Waals surface area contributed by atoms with E-state index in [0.29, 0.717) is 6.42 Å². The van der Waals surface area contributed by atoms with E-state index >= 15 is 0 Å². The van der Waals surface area contributed by atoms with Gasteiger partial charge in [0.1, 0.15) is 12.4 Å². The van der Waals surface area contributed by atoms with Crippen LogP contribution < -0.4 is 4.74 Å². The van der Waals surface area contributed by atoms with Crippen LogP contribution in [0, 0.1) is 6.92 Å². The van der Waals surface area contributed by atoms with Gasteiger partial charge >= 0.3 is 12.1 Å². The minimum absolute atomic E-state index is 0.0481. The molecule has 2 aromatic rings. The van der Waals surface area contributed by atoms with Gasteiger partial charge in [0.15, 0.2) is 0 Å². The quantitative estimate of drug-likeness (QED) is 0.533. The van der Waals surface area contributed by atoms with Crippen molar-refractivity contribution in [3.8, 4) is 5.75 Å². The number of alkyl halides is 3. The molecule has 0 fully saturated rings. The lowest BCUT2D eigenvalue weighted by Crippen LogP contribution is -2.20. The second kappa shape index (κ2) is 10.2. The highest BCUT2D eigenvalue weighted by Gasteiger charge is 2.34. The summed E-state index contributed by atoms with van der Waals surface area (Å²) in [5.74, 6) is -1.04. The lowest BCUT2D eigenvalue weighted by atomic mass is 9.86. The molecule has 4 nitrogen and oxygen atoms in total. The van der Waals surface area contributed by atoms with E-state index < -0.39 is 17.7 Å². The Hall–Kier alpha value is -2.80. The first-order valence-corrected chi connectivity index (χ1v) is 10.5. The van der Waals surface area contributed by atoms with Crippen molar-refractivity contribution in [3.63, 3.8) is 0 Å². The molecule has 0 radical (unpaired) electrons. The molecule has 1 aliphatic rings. The molecule has 0 heterocycles. The Bertz CT molecular complexity index is 978. The fourth-order valence-electron chi connectivity index (χ4n) is 3.97. The molecule has 0 aromatic heterocycles. The minimum atomic E-state index is -4.59. The van der Waals surface area contributed by atoms with Crippen LogP contribution in [0.3, 0.4) is 0 Å². The van der Waals surface area contributed by atoms with Crippen molar-refractivity contribution in [2.45, 2.75) is 51.3 Å². The molecule has 0 saturated carbocycles. The molecule has 0 saturated heterocycles. The van der Waals surface area contributed by atoms with Gasteiger partial charge in [-0.05, 0) is 67.0 Å². The number of carbonyl (C=O) groups is 1. The molecule has 2 aromatic carbocycles. The van der Waals surface area contributed by atoms with Gasteiger partial charge in [-0.2, -0.15) is 13.2 Å². The van der Waals surface area contributed by atoms with Crippen molar-refractivity contribution >= 4 is 11.5 Å². The lowest BCUT2D eigenvalue weighted by Gasteiger charge is -2.27. The Balaban J connectivity index is 1.85. The normalized spacial score (nSPS) is 16.8. The van der Waals surface area contributed by atoms with E-state index in [4.69, 9.17) is 14.6 Å². The Morgan fingerprint density at radius 2 is 1.88 bits per heavy atom. The van der Waals surface area contributed by atoms with E-state index in [0.717, 1.165) is 41.2 Å². The van der Waals surface area contributed by atoms with Crippen molar-refractivity contribution in [2.75, 3.05) is 13.7 Å². The van der Waals surface area contributed by atoms with Gasteiger partial charge in [0.2, 0.25) is 0 Å². The first kappa shape index (κ1) is 23.9. The van der Waals surface area contributed by atoms with Crippen molar-refractivity contribution in [2.24, 2.45) is 0 Å². The van der Waals surface area contributed by atoms with Crippen LogP contribution in [-0.4, -0.2) is 30.9 Å². The summed E-state index contributed by atoms with van der Waals surface area (Å²) in [7, 11) is 1.66. The first-order valence-electron chi connectivity index (χ1n) is 10.5. The molecule has 1 N–H and O–H groups in total. The number of aliphatic carboxylic acids is 1. The van der Waals surface area contributed by atoms with Crippen LogP contribution >= 0.6 is 0 Å². The molecule has 7 heteroatoms. The summed E-state index contributed by atoms with van der Waals surface area (Å²) in [6, 6.07) is 11.9. The molecule has 0 bridgehead atoms. The largest absolute Gasteiger partial charge is 0.489 e. The van der Waals surface area contributed by atoms with Crippen LogP contribution in [0.25, 0.3) is 5.57 Å². The highest BCUT2D eigenvalue weighted by molar-refractivity contribution is 5.70. The highest BCUT2D eigenvalue weighted by Crippen LogP contribution is 2.37. The zero-order chi connectivity index (χ0) is 23.3. The maximum atomic E-state index is 13.5. The first-order chi connectivity index (χ1) is 15.2. The number of halogens is 3. The average Bonchev–Trinajstić information content (AvgIpc) is 2.76. The molecular formula is C25H27F3O4. The Morgan fingerprint density at radius 1 is 1.16 bits per heavy atom. The Kier molecular flexibility index (Phi) is 7.61. The number of ether oxygens (including phenoxy) is 2. The topological polar surface area (TPSA) is 55.8 Å². The van der Waals surface area contributed by atoms with E-state index in [1.165, 1.54) is 12.1 Å². The van der Waals surface area contributed by atoms with Crippen molar-refractivity contribution in [1.82, 2.24) is 0 Å². The molecule has 3 rings (SSSR count). The van der Waals surface area contributed by atoms with Crippen LogP contribution in [0.15, 0.2) is 48.0 Å². The van der Waals surface area contributed by atoms with Crippen LogP contribution in [0.2, 0.25) is 0 Å². The SMILES string of the molecule is COC1CCC(c2ccc(C)cc2)=C(COc2ccc(CCC(=O)O)c(C(F)(F)F)c2)C1. The summed E-state index contributed by atoms with van der Waals surface area (Å²) < 4.78 is 51.9. The second-order valence-corrected chi connectivity index (χ2v) is 8.05.